The van der Waals surface area contributed by atoms with Crippen LogP contribution in [0.25, 0.3) is 16.9 Å². The van der Waals surface area contributed by atoms with E-state index in [4.69, 9.17) is 23.2 Å². The average molecular weight is 551 g/mol. The van der Waals surface area contributed by atoms with Gasteiger partial charge in [-0.15, -0.1) is 0 Å². The van der Waals surface area contributed by atoms with Gasteiger partial charge in [0.15, 0.2) is 5.69 Å². The Labute approximate surface area is 224 Å². The summed E-state index contributed by atoms with van der Waals surface area (Å²) in [6, 6.07) is 15.7. The third-order valence-corrected chi connectivity index (χ3v) is 6.02. The van der Waals surface area contributed by atoms with Crippen LogP contribution in [0.15, 0.2) is 73.1 Å². The number of aromatic nitrogens is 6. The largest absolute Gasteiger partial charge is 0.345 e. The third kappa shape index (κ3) is 5.24. The molecule has 3 heterocycles. The van der Waals surface area contributed by atoms with E-state index in [9.17, 15) is 14.0 Å². The summed E-state index contributed by atoms with van der Waals surface area (Å²) < 4.78 is 15.8. The van der Waals surface area contributed by atoms with Crippen LogP contribution in [0.5, 0.6) is 0 Å². The first-order valence-corrected chi connectivity index (χ1v) is 11.9. The van der Waals surface area contributed by atoms with Crippen molar-refractivity contribution < 1.29 is 14.0 Å². The number of nitrogens with one attached hydrogen (secondary N) is 3. The van der Waals surface area contributed by atoms with Crippen LogP contribution < -0.4 is 10.6 Å². The fraction of sp³-hybridized carbons (Fsp3) is 0.0400. The Kier molecular flexibility index (Phi) is 7.11. The number of hydrogen-bond donors (Lipinski definition) is 3. The molecule has 2 aromatic carbocycles. The van der Waals surface area contributed by atoms with Gasteiger partial charge in [-0.3, -0.25) is 14.6 Å². The zero-order chi connectivity index (χ0) is 26.6. The normalized spacial score (nSPS) is 10.8. The second-order valence-corrected chi connectivity index (χ2v) is 8.72. The Morgan fingerprint density at radius 2 is 1.82 bits per heavy atom. The summed E-state index contributed by atoms with van der Waals surface area (Å²) in [5.41, 5.74) is 1.37. The first-order valence-electron chi connectivity index (χ1n) is 11.1. The van der Waals surface area contributed by atoms with Crippen LogP contribution in [-0.2, 0) is 6.54 Å². The maximum atomic E-state index is 14.4. The van der Waals surface area contributed by atoms with Crippen LogP contribution in [0, 0.1) is 5.82 Å². The quantitative estimate of drug-likeness (QED) is 0.269. The van der Waals surface area contributed by atoms with Crippen molar-refractivity contribution in [2.75, 3.05) is 5.32 Å². The molecule has 2 amide bonds. The minimum absolute atomic E-state index is 0.0222. The van der Waals surface area contributed by atoms with Crippen LogP contribution in [0.3, 0.4) is 0 Å². The van der Waals surface area contributed by atoms with Gasteiger partial charge in [0, 0.05) is 17.8 Å². The minimum Gasteiger partial charge on any atom is -0.345 e. The molecule has 3 N–H and O–H groups in total. The highest BCUT2D eigenvalue weighted by molar-refractivity contribution is 6.38. The number of rotatable bonds is 7. The van der Waals surface area contributed by atoms with E-state index in [1.54, 1.807) is 24.3 Å². The molecule has 0 saturated carbocycles. The number of carbonyl (C=O) groups is 2. The summed E-state index contributed by atoms with van der Waals surface area (Å²) in [4.78, 5) is 30.2. The molecule has 0 atom stereocenters. The standard InChI is InChI=1S/C25H17Cl2FN8O2/c26-18-10-19(27)17(9-16(18)23-20(28)7-4-8-29-23)24(37)32-22-11-21(25(38)30-12-14-13-31-35-33-14)34-36(22)15-5-2-1-3-6-15/h1-11,13H,12H2,(H,30,38)(H,32,37)(H,31,33,35). The predicted molar refractivity (Wildman–Crippen MR) is 139 cm³/mol. The van der Waals surface area contributed by atoms with Gasteiger partial charge < -0.3 is 10.6 Å². The molecule has 190 valence electrons. The van der Waals surface area contributed by atoms with E-state index in [-0.39, 0.29) is 44.9 Å². The second kappa shape index (κ2) is 10.8. The minimum atomic E-state index is -0.629. The number of anilines is 1. The summed E-state index contributed by atoms with van der Waals surface area (Å²) in [5, 5.41) is 20.0. The predicted octanol–water partition coefficient (Wildman–Crippen LogP) is 4.68. The first kappa shape index (κ1) is 25.1. The zero-order valence-electron chi connectivity index (χ0n) is 19.3. The van der Waals surface area contributed by atoms with E-state index in [0.29, 0.717) is 11.4 Å². The van der Waals surface area contributed by atoms with Gasteiger partial charge >= 0.3 is 0 Å². The molecule has 38 heavy (non-hydrogen) atoms. The van der Waals surface area contributed by atoms with Crippen molar-refractivity contribution in [3.05, 3.63) is 106 Å². The number of nitrogens with zero attached hydrogens (tertiary/aromatic N) is 5. The van der Waals surface area contributed by atoms with Crippen molar-refractivity contribution >= 4 is 40.8 Å². The van der Waals surface area contributed by atoms with Crippen molar-refractivity contribution in [2.24, 2.45) is 0 Å². The van der Waals surface area contributed by atoms with Gasteiger partial charge in [-0.1, -0.05) is 41.4 Å². The molecule has 0 spiro atoms. The van der Waals surface area contributed by atoms with Gasteiger partial charge in [0.1, 0.15) is 23.0 Å². The highest BCUT2D eigenvalue weighted by atomic mass is 35.5. The Balaban J connectivity index is 1.47. The molecule has 0 aliphatic heterocycles. The molecule has 5 rings (SSSR count). The van der Waals surface area contributed by atoms with Crippen molar-refractivity contribution in [2.45, 2.75) is 6.54 Å². The van der Waals surface area contributed by atoms with Gasteiger partial charge in [0.2, 0.25) is 0 Å². The van der Waals surface area contributed by atoms with Crippen LogP contribution in [-0.4, -0.2) is 42.0 Å². The lowest BCUT2D eigenvalue weighted by molar-refractivity contribution is 0.0944. The average Bonchev–Trinajstić information content (AvgIpc) is 3.59. The molecule has 5 aromatic rings. The molecular weight excluding hydrogens is 534 g/mol. The lowest BCUT2D eigenvalue weighted by Gasteiger charge is -2.12. The maximum absolute atomic E-state index is 14.4. The lowest BCUT2D eigenvalue weighted by Crippen LogP contribution is -2.23. The molecular formula is C25H17Cl2FN8O2. The fourth-order valence-electron chi connectivity index (χ4n) is 3.59. The van der Waals surface area contributed by atoms with Gasteiger partial charge in [-0.25, -0.2) is 9.07 Å². The number of amides is 2. The van der Waals surface area contributed by atoms with E-state index >= 15 is 0 Å². The van der Waals surface area contributed by atoms with Gasteiger partial charge in [0.05, 0.1) is 34.0 Å². The number of benzene rings is 2. The number of aromatic amines is 1. The number of hydrogen-bond acceptors (Lipinski definition) is 6. The molecule has 0 saturated heterocycles. The molecule has 0 unspecified atom stereocenters. The summed E-state index contributed by atoms with van der Waals surface area (Å²) in [6.45, 7) is 0.127. The monoisotopic (exact) mass is 550 g/mol. The highest BCUT2D eigenvalue weighted by Crippen LogP contribution is 2.33. The number of para-hydroxylation sites is 1. The highest BCUT2D eigenvalue weighted by Gasteiger charge is 2.21. The van der Waals surface area contributed by atoms with Crippen molar-refractivity contribution in [3.8, 4) is 16.9 Å². The number of halogens is 3. The van der Waals surface area contributed by atoms with Gasteiger partial charge in [0.25, 0.3) is 11.8 Å². The van der Waals surface area contributed by atoms with Crippen LogP contribution >= 0.6 is 23.2 Å². The van der Waals surface area contributed by atoms with Crippen molar-refractivity contribution in [3.63, 3.8) is 0 Å². The number of H-pyrrole nitrogens is 1. The molecule has 13 heteroatoms. The van der Waals surface area contributed by atoms with Crippen LogP contribution in [0.2, 0.25) is 10.0 Å². The first-order chi connectivity index (χ1) is 18.4. The van der Waals surface area contributed by atoms with Gasteiger partial charge in [-0.05, 0) is 36.4 Å². The summed E-state index contributed by atoms with van der Waals surface area (Å²) >= 11 is 12.6. The van der Waals surface area contributed by atoms with Crippen molar-refractivity contribution in [1.82, 2.24) is 35.5 Å². The molecule has 0 aliphatic carbocycles. The summed E-state index contributed by atoms with van der Waals surface area (Å²) in [6.07, 6.45) is 2.90. The lowest BCUT2D eigenvalue weighted by atomic mass is 10.1. The van der Waals surface area contributed by atoms with E-state index in [1.165, 1.54) is 47.4 Å². The topological polar surface area (TPSA) is 130 Å². The molecule has 3 aromatic heterocycles. The molecule has 10 nitrogen and oxygen atoms in total. The smallest absolute Gasteiger partial charge is 0.272 e. The molecule has 0 bridgehead atoms. The van der Waals surface area contributed by atoms with E-state index in [2.05, 4.69) is 36.1 Å². The molecule has 0 aliphatic rings. The van der Waals surface area contributed by atoms with Crippen molar-refractivity contribution in [1.29, 1.82) is 0 Å². The van der Waals surface area contributed by atoms with E-state index in [0.717, 1.165) is 0 Å². The fourth-order valence-corrected chi connectivity index (χ4v) is 4.15. The van der Waals surface area contributed by atoms with Gasteiger partial charge in [-0.2, -0.15) is 20.5 Å². The summed E-state index contributed by atoms with van der Waals surface area (Å²) in [7, 11) is 0. The Morgan fingerprint density at radius 3 is 2.55 bits per heavy atom. The summed E-state index contributed by atoms with van der Waals surface area (Å²) in [5.74, 6) is -1.53. The zero-order valence-corrected chi connectivity index (χ0v) is 20.8. The third-order valence-electron chi connectivity index (χ3n) is 5.39. The Morgan fingerprint density at radius 1 is 1.00 bits per heavy atom. The van der Waals surface area contributed by atoms with Crippen LogP contribution in [0.4, 0.5) is 10.2 Å². The Bertz CT molecular complexity index is 1620. The van der Waals surface area contributed by atoms with Crippen LogP contribution in [0.1, 0.15) is 26.5 Å². The molecule has 0 radical (unpaired) electrons. The maximum Gasteiger partial charge on any atom is 0.272 e. The van der Waals surface area contributed by atoms with E-state index in [1.807, 2.05) is 6.07 Å². The van der Waals surface area contributed by atoms with E-state index < -0.39 is 17.6 Å². The SMILES string of the molecule is O=C(NCc1cn[nH]n1)c1cc(NC(=O)c2cc(-c3ncccc3F)c(Cl)cc2Cl)n(-c2ccccc2)n1. The second-order valence-electron chi connectivity index (χ2n) is 7.91. The number of carbonyl (C=O) groups excluding carboxylic acids is 2. The Hall–Kier alpha value is -4.61. The number of pyridine rings is 1. The molecule has 0 fully saturated rings.